The van der Waals surface area contributed by atoms with Crippen LogP contribution >= 0.6 is 0 Å². The molecule has 0 N–H and O–H groups in total. The molecule has 6 aromatic heterocycles. The Kier molecular flexibility index (Phi) is 4.27. The molecule has 0 saturated heterocycles. The Hall–Kier alpha value is -10.3. The molecule has 10 aromatic carbocycles. The second kappa shape index (κ2) is 14.9. The van der Waals surface area contributed by atoms with Crippen molar-refractivity contribution in [2.24, 2.45) is 0 Å². The summed E-state index contributed by atoms with van der Waals surface area (Å²) in [5.74, 6) is -2.88. The van der Waals surface area contributed by atoms with Gasteiger partial charge < -0.3 is 13.6 Å². The minimum atomic E-state index is -1.07. The van der Waals surface area contributed by atoms with Gasteiger partial charge in [0.15, 0.2) is 11.5 Å². The molecule has 0 aliphatic rings. The summed E-state index contributed by atoms with van der Waals surface area (Å²) in [4.78, 5) is 18.6. The third-order valence-corrected chi connectivity index (χ3v) is 12.8. The lowest BCUT2D eigenvalue weighted by molar-refractivity contribution is 0.669. The number of fused-ring (bicyclic) bond motifs is 16. The van der Waals surface area contributed by atoms with E-state index in [0.29, 0.717) is 10.8 Å². The zero-order valence-electron chi connectivity index (χ0n) is 65.5. The summed E-state index contributed by atoms with van der Waals surface area (Å²) >= 11 is 0. The maximum Gasteiger partial charge on any atom is 0.240 e. The van der Waals surface area contributed by atoms with Crippen LogP contribution in [0.3, 0.4) is 0 Å². The van der Waals surface area contributed by atoms with E-state index in [0.717, 1.165) is 13.7 Å². The average molecular weight is 962 g/mol. The quantitative estimate of drug-likeness (QED) is 0.161. The number of rotatable bonds is 5. The van der Waals surface area contributed by atoms with Gasteiger partial charge in [0.25, 0.3) is 0 Å². The van der Waals surface area contributed by atoms with Gasteiger partial charge in [-0.1, -0.05) is 139 Å². The van der Waals surface area contributed by atoms with E-state index in [4.69, 9.17) is 42.4 Å². The molecule has 16 rings (SSSR count). The molecule has 0 radical (unpaired) electrons. The first-order chi connectivity index (χ1) is 48.2. The van der Waals surface area contributed by atoms with E-state index < -0.39 is 297 Å². The van der Waals surface area contributed by atoms with Crippen molar-refractivity contribution >= 4 is 115 Å². The molecule has 16 aromatic rings. The lowest BCUT2D eigenvalue weighted by Crippen LogP contribution is -2.12. The molecule has 338 valence electrons. The monoisotopic (exact) mass is 961 g/mol. The first-order valence-corrected chi connectivity index (χ1v) is 21.9. The van der Waals surface area contributed by atoms with Crippen LogP contribution < -0.4 is 0 Å². The third kappa shape index (κ3) is 5.46. The Labute approximate surface area is 455 Å². The molecule has 9 nitrogen and oxygen atoms in total. The number of nitrogens with zero attached hydrogens (tertiary/aromatic N) is 8. The van der Waals surface area contributed by atoms with Gasteiger partial charge in [0.2, 0.25) is 11.9 Å². The maximum atomic E-state index is 10.5. The second-order valence-electron chi connectivity index (χ2n) is 16.5. The summed E-state index contributed by atoms with van der Waals surface area (Å²) in [6, 6.07) is -15.3. The Morgan fingerprint density at radius 2 is 0.904 bits per heavy atom. The highest BCUT2D eigenvalue weighted by Gasteiger charge is 2.28. The molecule has 0 spiro atoms. The van der Waals surface area contributed by atoms with Crippen LogP contribution in [0.25, 0.3) is 149 Å². The molecule has 9 heteroatoms. The van der Waals surface area contributed by atoms with Crippen LogP contribution in [0.1, 0.15) is 39.8 Å². The highest BCUT2D eigenvalue weighted by Crippen LogP contribution is 2.46. The Morgan fingerprint density at radius 3 is 1.51 bits per heavy atom. The lowest BCUT2D eigenvalue weighted by atomic mass is 10.1. The average Bonchev–Trinajstić information content (AvgIpc) is 1.51. The van der Waals surface area contributed by atoms with Gasteiger partial charge >= 0.3 is 0 Å². The number of aromatic nitrogens is 7. The van der Waals surface area contributed by atoms with Gasteiger partial charge in [0.1, 0.15) is 11.2 Å². The molecule has 0 aliphatic carbocycles. The van der Waals surface area contributed by atoms with Crippen LogP contribution in [0.4, 0.5) is 5.69 Å². The molecule has 0 fully saturated rings. The van der Waals surface area contributed by atoms with Crippen LogP contribution in [-0.2, 0) is 0 Å². The molecule has 0 saturated carbocycles. The van der Waals surface area contributed by atoms with E-state index in [2.05, 4.69) is 4.85 Å². The van der Waals surface area contributed by atoms with Crippen molar-refractivity contribution in [2.45, 2.75) is 0 Å². The Morgan fingerprint density at radius 1 is 0.397 bits per heavy atom. The fourth-order valence-electron chi connectivity index (χ4n) is 9.94. The molecule has 0 amide bonds. The van der Waals surface area contributed by atoms with Crippen molar-refractivity contribution in [3.05, 3.63) is 229 Å². The van der Waals surface area contributed by atoms with Crippen LogP contribution in [0.5, 0.6) is 0 Å². The van der Waals surface area contributed by atoms with Crippen molar-refractivity contribution < 1.29 is 44.2 Å². The summed E-state index contributed by atoms with van der Waals surface area (Å²) in [7, 11) is 0. The number of hydrogen-bond acceptors (Lipinski definition) is 4. The fraction of sp³-hybridized carbons (Fsp3) is 0. The van der Waals surface area contributed by atoms with Crippen molar-refractivity contribution in [3.8, 4) is 34.7 Å². The molecular weight excluding hydrogens is 897 g/mol. The first kappa shape index (κ1) is 21.0. The molecule has 0 aliphatic heterocycles. The Balaban J connectivity index is 1.26. The predicted molar refractivity (Wildman–Crippen MR) is 296 cm³/mol. The largest absolute Gasteiger partial charge is 0.456 e. The van der Waals surface area contributed by atoms with E-state index in [1.807, 2.05) is 0 Å². The lowest BCUT2D eigenvalue weighted by Gasteiger charge is -2.20. The number of para-hydroxylation sites is 7. The summed E-state index contributed by atoms with van der Waals surface area (Å²) in [5, 5.41) is -3.61. The molecule has 0 unspecified atom stereocenters. The molecular formula is C64H36N8O. The number of benzene rings is 10. The maximum absolute atomic E-state index is 10.5. The van der Waals surface area contributed by atoms with Gasteiger partial charge in [-0.2, -0.15) is 15.0 Å². The van der Waals surface area contributed by atoms with Crippen LogP contribution in [-0.4, -0.2) is 33.2 Å². The normalized spacial score (nSPS) is 17.7. The van der Waals surface area contributed by atoms with Crippen molar-refractivity contribution in [3.63, 3.8) is 0 Å². The molecule has 0 atom stereocenters. The smallest absolute Gasteiger partial charge is 0.240 e. The minimum Gasteiger partial charge on any atom is -0.456 e. The molecule has 0 bridgehead atoms. The van der Waals surface area contributed by atoms with Crippen LogP contribution in [0.2, 0.25) is 0 Å². The first-order valence-electron chi connectivity index (χ1n) is 36.4. The van der Waals surface area contributed by atoms with Crippen molar-refractivity contribution in [1.29, 1.82) is 0 Å². The van der Waals surface area contributed by atoms with E-state index in [1.165, 1.54) is 22.8 Å². The van der Waals surface area contributed by atoms with Crippen LogP contribution in [0, 0.1) is 6.57 Å². The molecule has 73 heavy (non-hydrogen) atoms. The Bertz CT molecular complexity index is 6510. The van der Waals surface area contributed by atoms with E-state index >= 15 is 0 Å². The predicted octanol–water partition coefficient (Wildman–Crippen LogP) is 16.4. The molecule has 6 heterocycles. The summed E-state index contributed by atoms with van der Waals surface area (Å²) in [5.41, 5.74) is -6.86. The van der Waals surface area contributed by atoms with Crippen molar-refractivity contribution in [2.75, 3.05) is 0 Å². The van der Waals surface area contributed by atoms with Gasteiger partial charge in [-0.15, -0.1) is 0 Å². The zero-order chi connectivity index (χ0) is 73.1. The SMILES string of the molecule is [2H]c1c([2H])c(-n2c3ccccc3c3cc([N+]#[C-])ccc32)c(-c2nc(-n3c4c([2H])c([2H])c([2H])c([2H])c4c4c([2H])c([2H])c([2H])c([2H])c43)nc(-n3c4c([2H])c([2H])c([2H])c([2H])c4c4c([2H])c([2H])c([2H])c([2H])c43)n2)c(-n2c3c([2H])c([2H])c([2H])c([2H])c3c3c([2H])c([2H])c4oc5c([2H])c([2H])c([2H])c([2H])c5c4c32)c1[2H]. The highest BCUT2D eigenvalue weighted by molar-refractivity contribution is 6.25. The highest BCUT2D eigenvalue weighted by atomic mass is 16.3. The second-order valence-corrected chi connectivity index (χ2v) is 16.5. The van der Waals surface area contributed by atoms with Crippen molar-refractivity contribution in [1.82, 2.24) is 33.2 Å². The zero-order valence-corrected chi connectivity index (χ0v) is 36.5. The van der Waals surface area contributed by atoms with Gasteiger partial charge in [-0.3, -0.25) is 9.13 Å². The van der Waals surface area contributed by atoms with E-state index in [-0.39, 0.29) is 16.7 Å². The number of hydrogen-bond donors (Lipinski definition) is 0. The van der Waals surface area contributed by atoms with Gasteiger partial charge in [0.05, 0.1) is 113 Å². The minimum absolute atomic E-state index is 0.102. The van der Waals surface area contributed by atoms with Gasteiger partial charge in [-0.05, 0) is 84.0 Å². The van der Waals surface area contributed by atoms with E-state index in [1.54, 1.807) is 24.3 Å². The van der Waals surface area contributed by atoms with Gasteiger partial charge in [-0.25, -0.2) is 4.85 Å². The van der Waals surface area contributed by atoms with E-state index in [9.17, 15) is 23.3 Å². The third-order valence-electron chi connectivity index (χ3n) is 12.8. The summed E-state index contributed by atoms with van der Waals surface area (Å²) in [6.45, 7) is 8.07. The number of furan rings is 1. The standard InChI is InChI=1S/C64H36N8O/c1-65-38-33-35-54-47(37-38)44-22-7-9-24-48(44)69(54)55-30-16-31-56(70-49-25-10-6-21-43(49)45-34-36-58-59(61(45)70)46-23-8-15-32-57(46)73-58)60(55)62-66-63(71-50-26-11-2-17-39(50)40-18-3-12-27-51(40)71)68-64(67-62)72-52-28-13-4-19-41(52)42-20-5-14-29-53(42)72/h2-37H/i2D,3D,4D,5D,6D,8D,10D,11D,12D,13D,14D,15D,16D,17D,18D,19D,20D,21D,23D,25D,26D,27D,28D,29D,30D,31D,32D,34D,36D. The summed E-state index contributed by atoms with van der Waals surface area (Å²) in [6.07, 6.45) is 0. The van der Waals surface area contributed by atoms with Crippen LogP contribution in [0.15, 0.2) is 222 Å². The fourth-order valence-corrected chi connectivity index (χ4v) is 9.94. The van der Waals surface area contributed by atoms with Gasteiger partial charge in [0, 0.05) is 43.1 Å². The summed E-state index contributed by atoms with van der Waals surface area (Å²) < 4.78 is 283. The topological polar surface area (TPSA) is 75.9 Å².